The number of thiophene rings is 1. The van der Waals surface area contributed by atoms with Gasteiger partial charge in [-0.15, -0.1) is 11.3 Å². The number of carbonyl (C=O) groups is 1. The molecule has 18 heavy (non-hydrogen) atoms. The summed E-state index contributed by atoms with van der Waals surface area (Å²) >= 11 is 1.63. The van der Waals surface area contributed by atoms with Crippen molar-refractivity contribution in [1.29, 1.82) is 0 Å². The Morgan fingerprint density at radius 3 is 2.39 bits per heavy atom. The SMILES string of the molecule is CCN(C(=O)c1csc(C)c1C)c1ccccc1. The van der Waals surface area contributed by atoms with Crippen molar-refractivity contribution in [2.45, 2.75) is 20.8 Å². The summed E-state index contributed by atoms with van der Waals surface area (Å²) < 4.78 is 0. The number of hydrogen-bond donors (Lipinski definition) is 0. The van der Waals surface area contributed by atoms with Crippen molar-refractivity contribution in [3.63, 3.8) is 0 Å². The van der Waals surface area contributed by atoms with Crippen LogP contribution in [0.25, 0.3) is 0 Å². The molecule has 1 heterocycles. The van der Waals surface area contributed by atoms with Crippen LogP contribution in [0.1, 0.15) is 27.7 Å². The predicted molar refractivity (Wildman–Crippen MR) is 77.6 cm³/mol. The molecule has 0 spiro atoms. The number of carbonyl (C=O) groups excluding carboxylic acids is 1. The molecule has 0 atom stereocenters. The maximum absolute atomic E-state index is 12.5. The van der Waals surface area contributed by atoms with Gasteiger partial charge in [-0.05, 0) is 38.5 Å². The number of hydrogen-bond acceptors (Lipinski definition) is 2. The van der Waals surface area contributed by atoms with E-state index in [0.29, 0.717) is 6.54 Å². The van der Waals surface area contributed by atoms with Crippen molar-refractivity contribution in [2.24, 2.45) is 0 Å². The molecule has 0 bridgehead atoms. The molecule has 3 heteroatoms. The van der Waals surface area contributed by atoms with E-state index in [4.69, 9.17) is 0 Å². The maximum atomic E-state index is 12.5. The zero-order valence-electron chi connectivity index (χ0n) is 10.9. The first-order chi connectivity index (χ1) is 8.65. The maximum Gasteiger partial charge on any atom is 0.259 e. The summed E-state index contributed by atoms with van der Waals surface area (Å²) in [6.45, 7) is 6.74. The van der Waals surface area contributed by atoms with Gasteiger partial charge in [0.2, 0.25) is 0 Å². The zero-order chi connectivity index (χ0) is 13.1. The van der Waals surface area contributed by atoms with Gasteiger partial charge in [0.15, 0.2) is 0 Å². The molecule has 0 saturated heterocycles. The summed E-state index contributed by atoms with van der Waals surface area (Å²) in [5.74, 6) is 0.0885. The quantitative estimate of drug-likeness (QED) is 0.815. The van der Waals surface area contributed by atoms with E-state index in [9.17, 15) is 4.79 Å². The van der Waals surface area contributed by atoms with E-state index in [0.717, 1.165) is 16.8 Å². The van der Waals surface area contributed by atoms with Crippen molar-refractivity contribution >= 4 is 22.9 Å². The van der Waals surface area contributed by atoms with Gasteiger partial charge in [-0.25, -0.2) is 0 Å². The molecule has 0 aliphatic rings. The van der Waals surface area contributed by atoms with Crippen molar-refractivity contribution in [3.05, 3.63) is 51.7 Å². The minimum absolute atomic E-state index is 0.0885. The van der Waals surface area contributed by atoms with Gasteiger partial charge in [0, 0.05) is 22.5 Å². The fourth-order valence-electron chi connectivity index (χ4n) is 1.92. The second kappa shape index (κ2) is 5.36. The van der Waals surface area contributed by atoms with Gasteiger partial charge < -0.3 is 4.90 Å². The van der Waals surface area contributed by atoms with Crippen molar-refractivity contribution < 1.29 is 4.79 Å². The van der Waals surface area contributed by atoms with E-state index >= 15 is 0 Å². The first kappa shape index (κ1) is 12.8. The lowest BCUT2D eigenvalue weighted by atomic mass is 10.1. The minimum Gasteiger partial charge on any atom is -0.309 e. The summed E-state index contributed by atoms with van der Waals surface area (Å²) in [5.41, 5.74) is 2.87. The fourth-order valence-corrected chi connectivity index (χ4v) is 2.78. The average molecular weight is 259 g/mol. The van der Waals surface area contributed by atoms with Gasteiger partial charge >= 0.3 is 0 Å². The molecule has 1 aromatic carbocycles. The van der Waals surface area contributed by atoms with E-state index in [1.54, 1.807) is 11.3 Å². The Kier molecular flexibility index (Phi) is 3.82. The van der Waals surface area contributed by atoms with Gasteiger partial charge in [-0.3, -0.25) is 4.79 Å². The standard InChI is InChI=1S/C15H17NOS/c1-4-16(13-8-6-5-7-9-13)15(17)14-10-18-12(3)11(14)2/h5-10H,4H2,1-3H3. The summed E-state index contributed by atoms with van der Waals surface area (Å²) in [5, 5.41) is 1.96. The van der Waals surface area contributed by atoms with Crippen LogP contribution in [0.4, 0.5) is 5.69 Å². The highest BCUT2D eigenvalue weighted by Crippen LogP contribution is 2.24. The molecule has 0 aliphatic heterocycles. The highest BCUT2D eigenvalue weighted by atomic mass is 32.1. The second-order valence-electron chi connectivity index (χ2n) is 4.22. The third kappa shape index (κ3) is 2.31. The van der Waals surface area contributed by atoms with Crippen LogP contribution in [0.2, 0.25) is 0 Å². The monoisotopic (exact) mass is 259 g/mol. The molecule has 0 aliphatic carbocycles. The number of benzene rings is 1. The molecular formula is C15H17NOS. The highest BCUT2D eigenvalue weighted by Gasteiger charge is 2.19. The number of amides is 1. The lowest BCUT2D eigenvalue weighted by Crippen LogP contribution is -2.30. The first-order valence-corrected chi connectivity index (χ1v) is 6.94. The van der Waals surface area contributed by atoms with E-state index < -0.39 is 0 Å². The van der Waals surface area contributed by atoms with Crippen molar-refractivity contribution in [3.8, 4) is 0 Å². The molecule has 1 amide bonds. The summed E-state index contributed by atoms with van der Waals surface area (Å²) in [6, 6.07) is 9.81. The molecule has 2 nitrogen and oxygen atoms in total. The number of anilines is 1. The smallest absolute Gasteiger partial charge is 0.259 e. The van der Waals surface area contributed by atoms with Crippen LogP contribution in [0.3, 0.4) is 0 Å². The molecular weight excluding hydrogens is 242 g/mol. The first-order valence-electron chi connectivity index (χ1n) is 6.06. The van der Waals surface area contributed by atoms with Gasteiger partial charge in [0.1, 0.15) is 0 Å². The van der Waals surface area contributed by atoms with E-state index in [1.807, 2.05) is 54.5 Å². The van der Waals surface area contributed by atoms with Gasteiger partial charge in [-0.1, -0.05) is 18.2 Å². The topological polar surface area (TPSA) is 20.3 Å². The Labute approximate surface area is 112 Å². The van der Waals surface area contributed by atoms with Crippen molar-refractivity contribution in [1.82, 2.24) is 0 Å². The van der Waals surface area contributed by atoms with Gasteiger partial charge in [0.25, 0.3) is 5.91 Å². The molecule has 0 radical (unpaired) electrons. The molecule has 0 N–H and O–H groups in total. The van der Waals surface area contributed by atoms with Crippen LogP contribution in [0.15, 0.2) is 35.7 Å². The molecule has 2 rings (SSSR count). The molecule has 2 aromatic rings. The number of rotatable bonds is 3. The number of aryl methyl sites for hydroxylation is 1. The summed E-state index contributed by atoms with van der Waals surface area (Å²) in [7, 11) is 0. The van der Waals surface area contributed by atoms with Crippen LogP contribution >= 0.6 is 11.3 Å². The number of para-hydroxylation sites is 1. The molecule has 0 unspecified atom stereocenters. The largest absolute Gasteiger partial charge is 0.309 e. The average Bonchev–Trinajstić information content (AvgIpc) is 2.72. The Morgan fingerprint density at radius 1 is 1.22 bits per heavy atom. The Balaban J connectivity index is 2.35. The lowest BCUT2D eigenvalue weighted by Gasteiger charge is -2.21. The second-order valence-corrected chi connectivity index (χ2v) is 5.30. The van der Waals surface area contributed by atoms with Crippen LogP contribution in [-0.2, 0) is 0 Å². The molecule has 1 aromatic heterocycles. The third-order valence-electron chi connectivity index (χ3n) is 3.15. The van der Waals surface area contributed by atoms with Crippen LogP contribution < -0.4 is 4.90 Å². The van der Waals surface area contributed by atoms with Crippen LogP contribution in [0.5, 0.6) is 0 Å². The Bertz CT molecular complexity index is 545. The van der Waals surface area contributed by atoms with Crippen LogP contribution in [0, 0.1) is 13.8 Å². The predicted octanol–water partition coefficient (Wildman–Crippen LogP) is 4.03. The molecule has 94 valence electrons. The summed E-state index contributed by atoms with van der Waals surface area (Å²) in [4.78, 5) is 15.6. The van der Waals surface area contributed by atoms with Crippen LogP contribution in [-0.4, -0.2) is 12.5 Å². The van der Waals surface area contributed by atoms with Crippen molar-refractivity contribution in [2.75, 3.05) is 11.4 Å². The Hall–Kier alpha value is -1.61. The Morgan fingerprint density at radius 2 is 1.89 bits per heavy atom. The fraction of sp³-hybridized carbons (Fsp3) is 0.267. The highest BCUT2D eigenvalue weighted by molar-refractivity contribution is 7.10. The molecule has 0 saturated carbocycles. The molecule has 0 fully saturated rings. The minimum atomic E-state index is 0.0885. The zero-order valence-corrected chi connectivity index (χ0v) is 11.8. The lowest BCUT2D eigenvalue weighted by molar-refractivity contribution is 0.0988. The van der Waals surface area contributed by atoms with Gasteiger partial charge in [-0.2, -0.15) is 0 Å². The normalized spacial score (nSPS) is 10.4. The van der Waals surface area contributed by atoms with E-state index in [1.165, 1.54) is 4.88 Å². The number of nitrogens with zero attached hydrogens (tertiary/aromatic N) is 1. The van der Waals surface area contributed by atoms with Gasteiger partial charge in [0.05, 0.1) is 5.56 Å². The third-order valence-corrected chi connectivity index (χ3v) is 4.16. The van der Waals surface area contributed by atoms with E-state index in [-0.39, 0.29) is 5.91 Å². The van der Waals surface area contributed by atoms with E-state index in [2.05, 4.69) is 6.92 Å². The summed E-state index contributed by atoms with van der Waals surface area (Å²) in [6.07, 6.45) is 0.